The van der Waals surface area contributed by atoms with Gasteiger partial charge in [0.2, 0.25) is 5.91 Å². The van der Waals surface area contributed by atoms with E-state index in [2.05, 4.69) is 13.8 Å². The molecule has 0 spiro atoms. The number of carbonyl (C=O) groups is 1. The molecule has 0 aromatic rings. The molecule has 2 nitrogen and oxygen atoms in total. The number of hydrogen-bond donors (Lipinski definition) is 1. The summed E-state index contributed by atoms with van der Waals surface area (Å²) in [5.41, 5.74) is 5.11. The summed E-state index contributed by atoms with van der Waals surface area (Å²) < 4.78 is 0. The maximum atomic E-state index is 10.6. The summed E-state index contributed by atoms with van der Waals surface area (Å²) in [5, 5.41) is 0. The van der Waals surface area contributed by atoms with Crippen molar-refractivity contribution in [2.45, 2.75) is 40.0 Å². The number of hydrogen-bond acceptors (Lipinski definition) is 1. The quantitative estimate of drug-likeness (QED) is 0.651. The second-order valence-corrected chi connectivity index (χ2v) is 3.63. The van der Waals surface area contributed by atoms with Crippen LogP contribution in [-0.2, 0) is 4.79 Å². The van der Waals surface area contributed by atoms with E-state index in [1.165, 1.54) is 6.42 Å². The lowest BCUT2D eigenvalue weighted by Crippen LogP contribution is -2.20. The van der Waals surface area contributed by atoms with Crippen molar-refractivity contribution >= 4 is 5.91 Å². The Labute approximate surface area is 69.2 Å². The van der Waals surface area contributed by atoms with Gasteiger partial charge in [-0.25, -0.2) is 0 Å². The van der Waals surface area contributed by atoms with Crippen LogP contribution in [0.1, 0.15) is 40.0 Å². The van der Waals surface area contributed by atoms with Crippen LogP contribution in [0.2, 0.25) is 0 Å². The Morgan fingerprint density at radius 3 is 2.18 bits per heavy atom. The van der Waals surface area contributed by atoms with Gasteiger partial charge in [-0.2, -0.15) is 0 Å². The molecule has 0 aromatic carbocycles. The molecule has 2 heteroatoms. The second kappa shape index (κ2) is 5.16. The van der Waals surface area contributed by atoms with Crippen LogP contribution in [0.25, 0.3) is 0 Å². The highest BCUT2D eigenvalue weighted by atomic mass is 16.1. The summed E-state index contributed by atoms with van der Waals surface area (Å²) in [4.78, 5) is 10.6. The van der Waals surface area contributed by atoms with E-state index < -0.39 is 0 Å². The van der Waals surface area contributed by atoms with Gasteiger partial charge in [0, 0.05) is 5.92 Å². The van der Waals surface area contributed by atoms with Crippen molar-refractivity contribution in [3.8, 4) is 0 Å². The molecule has 0 aliphatic heterocycles. The summed E-state index contributed by atoms with van der Waals surface area (Å²) in [6.45, 7) is 6.27. The molecule has 0 saturated carbocycles. The topological polar surface area (TPSA) is 43.1 Å². The summed E-state index contributed by atoms with van der Waals surface area (Å²) in [6, 6.07) is 0. The average molecular weight is 157 g/mol. The van der Waals surface area contributed by atoms with Gasteiger partial charge in [-0.05, 0) is 12.3 Å². The number of primary amides is 1. The molecule has 0 aliphatic carbocycles. The predicted octanol–water partition coefficient (Wildman–Crippen LogP) is 1.93. The fourth-order valence-corrected chi connectivity index (χ4v) is 0.975. The minimum Gasteiger partial charge on any atom is -0.369 e. The third-order valence-corrected chi connectivity index (χ3v) is 1.90. The lowest BCUT2D eigenvalue weighted by molar-refractivity contribution is -0.121. The molecule has 0 radical (unpaired) electrons. The highest BCUT2D eigenvalue weighted by Gasteiger charge is 2.07. The van der Waals surface area contributed by atoms with Gasteiger partial charge in [0.1, 0.15) is 0 Å². The van der Waals surface area contributed by atoms with E-state index in [1.54, 1.807) is 0 Å². The smallest absolute Gasteiger partial charge is 0.220 e. The Balaban J connectivity index is 3.31. The summed E-state index contributed by atoms with van der Waals surface area (Å²) >= 11 is 0. The first-order chi connectivity index (χ1) is 5.04. The van der Waals surface area contributed by atoms with Crippen LogP contribution in [0.4, 0.5) is 0 Å². The maximum absolute atomic E-state index is 10.6. The normalized spacial score (nSPS) is 13.5. The molecular weight excluding hydrogens is 138 g/mol. The van der Waals surface area contributed by atoms with E-state index in [1.807, 2.05) is 6.92 Å². The SMILES string of the molecule is CC(C)CCC[C@H](C)C(N)=O. The molecule has 1 atom stereocenters. The van der Waals surface area contributed by atoms with Gasteiger partial charge in [-0.3, -0.25) is 4.79 Å². The number of nitrogens with two attached hydrogens (primary N) is 1. The van der Waals surface area contributed by atoms with E-state index >= 15 is 0 Å². The zero-order valence-electron chi connectivity index (χ0n) is 7.76. The lowest BCUT2D eigenvalue weighted by atomic mass is 9.99. The highest BCUT2D eigenvalue weighted by molar-refractivity contribution is 5.76. The van der Waals surface area contributed by atoms with Crippen molar-refractivity contribution in [1.82, 2.24) is 0 Å². The van der Waals surface area contributed by atoms with E-state index in [-0.39, 0.29) is 11.8 Å². The molecule has 0 rings (SSSR count). The maximum Gasteiger partial charge on any atom is 0.220 e. The van der Waals surface area contributed by atoms with Gasteiger partial charge in [0.15, 0.2) is 0 Å². The van der Waals surface area contributed by atoms with Crippen LogP contribution in [0.15, 0.2) is 0 Å². The molecule has 0 fully saturated rings. The number of amides is 1. The van der Waals surface area contributed by atoms with Crippen LogP contribution < -0.4 is 5.73 Å². The Bertz CT molecular complexity index is 121. The van der Waals surface area contributed by atoms with Crippen LogP contribution in [0, 0.1) is 11.8 Å². The second-order valence-electron chi connectivity index (χ2n) is 3.63. The molecule has 0 saturated heterocycles. The molecule has 0 aliphatic rings. The van der Waals surface area contributed by atoms with E-state index in [0.717, 1.165) is 18.8 Å². The van der Waals surface area contributed by atoms with E-state index in [4.69, 9.17) is 5.73 Å². The van der Waals surface area contributed by atoms with Gasteiger partial charge in [0.25, 0.3) is 0 Å². The Hall–Kier alpha value is -0.530. The number of carbonyl (C=O) groups excluding carboxylic acids is 1. The molecule has 2 N–H and O–H groups in total. The zero-order chi connectivity index (χ0) is 8.85. The van der Waals surface area contributed by atoms with Gasteiger partial charge >= 0.3 is 0 Å². The van der Waals surface area contributed by atoms with Crippen molar-refractivity contribution in [3.05, 3.63) is 0 Å². The van der Waals surface area contributed by atoms with Crippen LogP contribution in [0.3, 0.4) is 0 Å². The first kappa shape index (κ1) is 10.5. The number of rotatable bonds is 5. The summed E-state index contributed by atoms with van der Waals surface area (Å²) in [7, 11) is 0. The minimum atomic E-state index is -0.172. The average Bonchev–Trinajstić information content (AvgIpc) is 1.86. The van der Waals surface area contributed by atoms with Crippen LogP contribution in [-0.4, -0.2) is 5.91 Å². The lowest BCUT2D eigenvalue weighted by Gasteiger charge is -2.07. The summed E-state index contributed by atoms with van der Waals surface area (Å²) in [5.74, 6) is 0.609. The van der Waals surface area contributed by atoms with Crippen molar-refractivity contribution in [2.75, 3.05) is 0 Å². The first-order valence-corrected chi connectivity index (χ1v) is 4.33. The zero-order valence-corrected chi connectivity index (χ0v) is 7.76. The van der Waals surface area contributed by atoms with Gasteiger partial charge in [-0.1, -0.05) is 33.6 Å². The molecule has 0 heterocycles. The Kier molecular flexibility index (Phi) is 4.92. The third-order valence-electron chi connectivity index (χ3n) is 1.90. The predicted molar refractivity (Wildman–Crippen MR) is 47.0 cm³/mol. The highest BCUT2D eigenvalue weighted by Crippen LogP contribution is 2.11. The van der Waals surface area contributed by atoms with Gasteiger partial charge < -0.3 is 5.73 Å². The fourth-order valence-electron chi connectivity index (χ4n) is 0.975. The van der Waals surface area contributed by atoms with Crippen LogP contribution in [0.5, 0.6) is 0 Å². The van der Waals surface area contributed by atoms with E-state index in [9.17, 15) is 4.79 Å². The fraction of sp³-hybridized carbons (Fsp3) is 0.889. The third kappa shape index (κ3) is 5.89. The molecule has 1 amide bonds. The van der Waals surface area contributed by atoms with Crippen LogP contribution >= 0.6 is 0 Å². The standard InChI is InChI=1S/C9H19NO/c1-7(2)5-4-6-8(3)9(10)11/h7-8H,4-6H2,1-3H3,(H2,10,11)/t8-/m0/s1. The van der Waals surface area contributed by atoms with Gasteiger partial charge in [-0.15, -0.1) is 0 Å². The Morgan fingerprint density at radius 1 is 1.27 bits per heavy atom. The molecule has 11 heavy (non-hydrogen) atoms. The largest absolute Gasteiger partial charge is 0.369 e. The molecule has 0 aromatic heterocycles. The van der Waals surface area contributed by atoms with Crippen molar-refractivity contribution in [1.29, 1.82) is 0 Å². The summed E-state index contributed by atoms with van der Waals surface area (Å²) in [6.07, 6.45) is 3.24. The monoisotopic (exact) mass is 157 g/mol. The van der Waals surface area contributed by atoms with Gasteiger partial charge in [0.05, 0.1) is 0 Å². The Morgan fingerprint density at radius 2 is 1.82 bits per heavy atom. The first-order valence-electron chi connectivity index (χ1n) is 4.33. The van der Waals surface area contributed by atoms with Crippen molar-refractivity contribution in [3.63, 3.8) is 0 Å². The molecular formula is C9H19NO. The van der Waals surface area contributed by atoms with E-state index in [0.29, 0.717) is 0 Å². The van der Waals surface area contributed by atoms with Crippen molar-refractivity contribution < 1.29 is 4.79 Å². The van der Waals surface area contributed by atoms with Crippen molar-refractivity contribution in [2.24, 2.45) is 17.6 Å². The minimum absolute atomic E-state index is 0.0498. The molecule has 0 unspecified atom stereocenters. The molecule has 66 valence electrons. The molecule has 0 bridgehead atoms.